The highest BCUT2D eigenvalue weighted by molar-refractivity contribution is 7.89. The number of nitrogens with one attached hydrogen (secondary N) is 1. The number of aromatic nitrogens is 1. The summed E-state index contributed by atoms with van der Waals surface area (Å²) < 4.78 is 26.6. The molecule has 0 aromatic carbocycles. The van der Waals surface area contributed by atoms with E-state index in [0.717, 1.165) is 6.42 Å². The van der Waals surface area contributed by atoms with E-state index in [9.17, 15) is 8.42 Å². The number of rotatable bonds is 4. The van der Waals surface area contributed by atoms with Crippen molar-refractivity contribution in [1.29, 1.82) is 0 Å². The number of pyridine rings is 1. The van der Waals surface area contributed by atoms with Crippen molar-refractivity contribution in [3.8, 4) is 0 Å². The van der Waals surface area contributed by atoms with Gasteiger partial charge in [0.1, 0.15) is 10.7 Å². The van der Waals surface area contributed by atoms with E-state index in [4.69, 9.17) is 11.6 Å². The molecule has 1 N–H and O–H groups in total. The van der Waals surface area contributed by atoms with Gasteiger partial charge in [-0.25, -0.2) is 13.4 Å². The van der Waals surface area contributed by atoms with E-state index in [-0.39, 0.29) is 10.9 Å². The zero-order valence-electron chi connectivity index (χ0n) is 11.8. The number of anilines is 1. The summed E-state index contributed by atoms with van der Waals surface area (Å²) in [6, 6.07) is 1.70. The molecule has 1 fully saturated rings. The van der Waals surface area contributed by atoms with Gasteiger partial charge in [-0.3, -0.25) is 0 Å². The van der Waals surface area contributed by atoms with Crippen molar-refractivity contribution in [3.63, 3.8) is 0 Å². The molecule has 1 aliphatic rings. The van der Waals surface area contributed by atoms with Crippen LogP contribution in [0.3, 0.4) is 0 Å². The summed E-state index contributed by atoms with van der Waals surface area (Å²) in [6.07, 6.45) is 2.18. The molecule has 0 bridgehead atoms. The maximum atomic E-state index is 12.5. The smallest absolute Gasteiger partial charge is 0.244 e. The van der Waals surface area contributed by atoms with Gasteiger partial charge >= 0.3 is 0 Å². The van der Waals surface area contributed by atoms with Crippen LogP contribution in [-0.4, -0.2) is 62.9 Å². The largest absolute Gasteiger partial charge is 0.372 e. The van der Waals surface area contributed by atoms with Crippen molar-refractivity contribution < 1.29 is 8.42 Å². The fraction of sp³-hybridized carbons (Fsp3) is 0.583. The van der Waals surface area contributed by atoms with Gasteiger partial charge in [-0.15, -0.1) is 0 Å². The molecular weight excluding hydrogens is 300 g/mol. The van der Waals surface area contributed by atoms with Gasteiger partial charge in [0, 0.05) is 32.4 Å². The second kappa shape index (κ2) is 5.85. The lowest BCUT2D eigenvalue weighted by molar-refractivity contribution is 0.302. The number of hydrogen-bond acceptors (Lipinski definition) is 5. The quantitative estimate of drug-likeness (QED) is 0.900. The standard InChI is InChI=1S/C12H19ClN4O2S/c1-14-12-11(13)6-10(7-15-12)20(18,19)17-5-4-9(8-17)16(2)3/h6-7,9H,4-5,8H2,1-3H3,(H,14,15). The normalized spacial score (nSPS) is 20.6. The van der Waals surface area contributed by atoms with Crippen LogP contribution in [0.2, 0.25) is 5.02 Å². The first-order valence-corrected chi connectivity index (χ1v) is 8.18. The van der Waals surface area contributed by atoms with Crippen molar-refractivity contribution in [1.82, 2.24) is 14.2 Å². The van der Waals surface area contributed by atoms with E-state index in [1.807, 2.05) is 19.0 Å². The van der Waals surface area contributed by atoms with E-state index in [0.29, 0.717) is 23.9 Å². The summed E-state index contributed by atoms with van der Waals surface area (Å²) in [5.74, 6) is 0.471. The van der Waals surface area contributed by atoms with Crippen LogP contribution in [0.1, 0.15) is 6.42 Å². The first-order valence-electron chi connectivity index (χ1n) is 6.36. The molecule has 0 saturated carbocycles. The molecule has 1 saturated heterocycles. The Balaban J connectivity index is 2.25. The Bertz CT molecular complexity index is 591. The van der Waals surface area contributed by atoms with E-state index in [1.54, 1.807) is 7.05 Å². The van der Waals surface area contributed by atoms with Gasteiger partial charge in [-0.2, -0.15) is 4.31 Å². The van der Waals surface area contributed by atoms with Crippen LogP contribution in [0.5, 0.6) is 0 Å². The Hall–Kier alpha value is -0.890. The maximum absolute atomic E-state index is 12.5. The first kappa shape index (κ1) is 15.5. The fourth-order valence-corrected chi connectivity index (χ4v) is 4.04. The van der Waals surface area contributed by atoms with Crippen molar-refractivity contribution in [2.45, 2.75) is 17.4 Å². The maximum Gasteiger partial charge on any atom is 0.244 e. The molecule has 8 heteroatoms. The van der Waals surface area contributed by atoms with Crippen molar-refractivity contribution >= 4 is 27.4 Å². The number of sulfonamides is 1. The number of likely N-dealkylation sites (N-methyl/N-ethyl adjacent to an activating group) is 1. The lowest BCUT2D eigenvalue weighted by Gasteiger charge is -2.20. The summed E-state index contributed by atoms with van der Waals surface area (Å²) in [5, 5.41) is 3.11. The number of nitrogens with zero attached hydrogens (tertiary/aromatic N) is 3. The molecule has 112 valence electrons. The van der Waals surface area contributed by atoms with E-state index < -0.39 is 10.0 Å². The minimum Gasteiger partial charge on any atom is -0.372 e. The van der Waals surface area contributed by atoms with Gasteiger partial charge in [0.2, 0.25) is 10.0 Å². The van der Waals surface area contributed by atoms with Crippen LogP contribution in [0.4, 0.5) is 5.82 Å². The highest BCUT2D eigenvalue weighted by Crippen LogP contribution is 2.26. The van der Waals surface area contributed by atoms with Gasteiger partial charge in [-0.05, 0) is 26.6 Å². The van der Waals surface area contributed by atoms with Crippen LogP contribution >= 0.6 is 11.6 Å². The summed E-state index contributed by atoms with van der Waals surface area (Å²) in [6.45, 7) is 1.03. The SMILES string of the molecule is CNc1ncc(S(=O)(=O)N2CCC(N(C)C)C2)cc1Cl. The Morgan fingerprint density at radius 3 is 2.70 bits per heavy atom. The Morgan fingerprint density at radius 2 is 2.20 bits per heavy atom. The Labute approximate surface area is 124 Å². The molecule has 6 nitrogen and oxygen atoms in total. The molecule has 1 unspecified atom stereocenters. The monoisotopic (exact) mass is 318 g/mol. The van der Waals surface area contributed by atoms with Gasteiger partial charge in [0.05, 0.1) is 5.02 Å². The minimum absolute atomic E-state index is 0.140. The topological polar surface area (TPSA) is 65.5 Å². The molecule has 0 amide bonds. The number of halogens is 1. The lowest BCUT2D eigenvalue weighted by Crippen LogP contribution is -2.34. The number of hydrogen-bond donors (Lipinski definition) is 1. The predicted molar refractivity (Wildman–Crippen MR) is 79.6 cm³/mol. The molecule has 1 aromatic heterocycles. The predicted octanol–water partition coefficient (Wildman–Crippen LogP) is 1.10. The molecule has 2 rings (SSSR count). The lowest BCUT2D eigenvalue weighted by atomic mass is 10.2. The van der Waals surface area contributed by atoms with E-state index >= 15 is 0 Å². The van der Waals surface area contributed by atoms with Crippen molar-refractivity contribution in [2.24, 2.45) is 0 Å². The summed E-state index contributed by atoms with van der Waals surface area (Å²) in [7, 11) is 2.08. The third kappa shape index (κ3) is 2.90. The zero-order chi connectivity index (χ0) is 14.9. The van der Waals surface area contributed by atoms with Crippen LogP contribution in [0, 0.1) is 0 Å². The van der Waals surface area contributed by atoms with Crippen LogP contribution in [0.25, 0.3) is 0 Å². The first-order chi connectivity index (χ1) is 9.36. The molecular formula is C12H19ClN4O2S. The molecule has 0 aliphatic carbocycles. The fourth-order valence-electron chi connectivity index (χ4n) is 2.24. The molecule has 2 heterocycles. The van der Waals surface area contributed by atoms with Crippen LogP contribution < -0.4 is 5.32 Å². The minimum atomic E-state index is -3.52. The highest BCUT2D eigenvalue weighted by atomic mass is 35.5. The molecule has 1 atom stereocenters. The molecule has 20 heavy (non-hydrogen) atoms. The van der Waals surface area contributed by atoms with Gasteiger partial charge in [0.25, 0.3) is 0 Å². The zero-order valence-corrected chi connectivity index (χ0v) is 13.4. The van der Waals surface area contributed by atoms with Gasteiger partial charge < -0.3 is 10.2 Å². The van der Waals surface area contributed by atoms with Gasteiger partial charge in [0.15, 0.2) is 0 Å². The second-order valence-corrected chi connectivity index (χ2v) is 7.37. The molecule has 1 aromatic rings. The van der Waals surface area contributed by atoms with Crippen molar-refractivity contribution in [2.75, 3.05) is 39.5 Å². The summed E-state index contributed by atoms with van der Waals surface area (Å²) >= 11 is 6.01. The Kier molecular flexibility index (Phi) is 4.53. The second-order valence-electron chi connectivity index (χ2n) is 5.02. The Morgan fingerprint density at radius 1 is 1.50 bits per heavy atom. The average Bonchev–Trinajstić information content (AvgIpc) is 2.89. The van der Waals surface area contributed by atoms with Gasteiger partial charge in [-0.1, -0.05) is 11.6 Å². The van der Waals surface area contributed by atoms with E-state index in [1.165, 1.54) is 16.6 Å². The van der Waals surface area contributed by atoms with E-state index in [2.05, 4.69) is 10.3 Å². The molecule has 0 radical (unpaired) electrons. The van der Waals surface area contributed by atoms with Crippen molar-refractivity contribution in [3.05, 3.63) is 17.3 Å². The summed E-state index contributed by atoms with van der Waals surface area (Å²) in [4.78, 5) is 6.22. The third-order valence-electron chi connectivity index (χ3n) is 3.55. The average molecular weight is 319 g/mol. The summed E-state index contributed by atoms with van der Waals surface area (Å²) in [5.41, 5.74) is 0. The van der Waals surface area contributed by atoms with Crippen LogP contribution in [0.15, 0.2) is 17.2 Å². The molecule has 0 spiro atoms. The van der Waals surface area contributed by atoms with Crippen LogP contribution in [-0.2, 0) is 10.0 Å². The highest BCUT2D eigenvalue weighted by Gasteiger charge is 2.33. The third-order valence-corrected chi connectivity index (χ3v) is 5.67. The molecule has 1 aliphatic heterocycles.